The Morgan fingerprint density at radius 2 is 2.50 bits per heavy atom. The van der Waals surface area contributed by atoms with Gasteiger partial charge in [-0.25, -0.2) is 0 Å². The summed E-state index contributed by atoms with van der Waals surface area (Å²) >= 11 is 0. The molecular formula is C8H14N2. The lowest BCUT2D eigenvalue weighted by molar-refractivity contribution is 0.358. The topological polar surface area (TPSA) is 15.6 Å². The van der Waals surface area contributed by atoms with Crippen molar-refractivity contribution in [3.8, 4) is 0 Å². The Balaban J connectivity index is 2.12. The zero-order valence-corrected chi connectivity index (χ0v) is 6.51. The first-order valence-electron chi connectivity index (χ1n) is 4.14. The van der Waals surface area contributed by atoms with Crippen LogP contribution in [0.3, 0.4) is 0 Å². The second kappa shape index (κ2) is 2.26. The molecule has 1 atom stereocenters. The summed E-state index contributed by atoms with van der Waals surface area (Å²) in [4.78, 5) is 6.95. The Morgan fingerprint density at radius 3 is 3.40 bits per heavy atom. The number of hydrogen-bond acceptors (Lipinski definition) is 2. The maximum atomic E-state index is 4.52. The molecule has 56 valence electrons. The van der Waals surface area contributed by atoms with Gasteiger partial charge in [-0.1, -0.05) is 6.92 Å². The van der Waals surface area contributed by atoms with Crippen LogP contribution in [0.15, 0.2) is 4.99 Å². The zero-order chi connectivity index (χ0) is 6.97. The van der Waals surface area contributed by atoms with Crippen LogP contribution < -0.4 is 0 Å². The monoisotopic (exact) mass is 138 g/mol. The Kier molecular flexibility index (Phi) is 1.40. The van der Waals surface area contributed by atoms with Crippen molar-refractivity contribution in [3.05, 3.63) is 0 Å². The van der Waals surface area contributed by atoms with Gasteiger partial charge in [0.2, 0.25) is 0 Å². The van der Waals surface area contributed by atoms with E-state index in [1.54, 1.807) is 0 Å². The van der Waals surface area contributed by atoms with Crippen molar-refractivity contribution < 1.29 is 0 Å². The van der Waals surface area contributed by atoms with Crippen LogP contribution in [0.2, 0.25) is 0 Å². The van der Waals surface area contributed by atoms with Crippen molar-refractivity contribution in [1.82, 2.24) is 4.90 Å². The van der Waals surface area contributed by atoms with E-state index in [0.717, 1.165) is 12.5 Å². The molecule has 0 bridgehead atoms. The third-order valence-electron chi connectivity index (χ3n) is 2.31. The van der Waals surface area contributed by atoms with Gasteiger partial charge in [-0.2, -0.15) is 0 Å². The van der Waals surface area contributed by atoms with E-state index < -0.39 is 0 Å². The van der Waals surface area contributed by atoms with Crippen LogP contribution in [0.4, 0.5) is 0 Å². The molecule has 2 heteroatoms. The van der Waals surface area contributed by atoms with E-state index >= 15 is 0 Å². The predicted molar refractivity (Wildman–Crippen MR) is 42.3 cm³/mol. The number of aliphatic imine (C=N–C) groups is 1. The van der Waals surface area contributed by atoms with Crippen LogP contribution in [-0.4, -0.2) is 30.4 Å². The van der Waals surface area contributed by atoms with Crippen molar-refractivity contribution in [2.75, 3.05) is 19.6 Å². The fraction of sp³-hybridized carbons (Fsp3) is 0.875. The molecule has 1 fully saturated rings. The number of fused-ring (bicyclic) bond motifs is 1. The second-order valence-electron chi connectivity index (χ2n) is 3.41. The van der Waals surface area contributed by atoms with E-state index in [9.17, 15) is 0 Å². The molecule has 2 heterocycles. The third-order valence-corrected chi connectivity index (χ3v) is 2.31. The standard InChI is InChI=1S/C8H14N2/c1-7-5-9-8-3-2-4-10(8)6-7/h7H,2-6H2,1H3. The van der Waals surface area contributed by atoms with Gasteiger partial charge in [0, 0.05) is 26.1 Å². The maximum Gasteiger partial charge on any atom is 0.0989 e. The Bertz CT molecular complexity index is 163. The number of amidine groups is 1. The molecule has 0 aromatic carbocycles. The van der Waals surface area contributed by atoms with E-state index in [-0.39, 0.29) is 0 Å². The van der Waals surface area contributed by atoms with Gasteiger partial charge in [-0.05, 0) is 12.3 Å². The highest BCUT2D eigenvalue weighted by Crippen LogP contribution is 2.18. The molecule has 2 aliphatic heterocycles. The first kappa shape index (κ1) is 6.20. The SMILES string of the molecule is CC1CN=C2CCCN2C1. The average molecular weight is 138 g/mol. The molecule has 2 nitrogen and oxygen atoms in total. The summed E-state index contributed by atoms with van der Waals surface area (Å²) in [6.45, 7) is 5.84. The molecule has 0 spiro atoms. The summed E-state index contributed by atoms with van der Waals surface area (Å²) in [5.74, 6) is 2.15. The molecule has 2 aliphatic rings. The van der Waals surface area contributed by atoms with Crippen molar-refractivity contribution >= 4 is 5.84 Å². The molecule has 0 aromatic heterocycles. The summed E-state index contributed by atoms with van der Waals surface area (Å²) in [6, 6.07) is 0. The van der Waals surface area contributed by atoms with Gasteiger partial charge in [0.1, 0.15) is 0 Å². The van der Waals surface area contributed by atoms with Crippen molar-refractivity contribution in [2.24, 2.45) is 10.9 Å². The molecule has 0 aliphatic carbocycles. The van der Waals surface area contributed by atoms with Gasteiger partial charge < -0.3 is 4.90 Å². The Morgan fingerprint density at radius 1 is 1.60 bits per heavy atom. The third kappa shape index (κ3) is 0.917. The molecule has 1 saturated heterocycles. The Hall–Kier alpha value is -0.530. The first-order chi connectivity index (χ1) is 4.86. The van der Waals surface area contributed by atoms with Crippen LogP contribution >= 0.6 is 0 Å². The Labute approximate surface area is 61.9 Å². The van der Waals surface area contributed by atoms with Crippen molar-refractivity contribution in [2.45, 2.75) is 19.8 Å². The minimum Gasteiger partial charge on any atom is -0.360 e. The molecule has 2 rings (SSSR count). The van der Waals surface area contributed by atoms with Gasteiger partial charge >= 0.3 is 0 Å². The van der Waals surface area contributed by atoms with Gasteiger partial charge in [-0.3, -0.25) is 4.99 Å². The van der Waals surface area contributed by atoms with Crippen LogP contribution in [-0.2, 0) is 0 Å². The fourth-order valence-corrected chi connectivity index (χ4v) is 1.79. The summed E-state index contributed by atoms with van der Waals surface area (Å²) in [5, 5.41) is 0. The number of rotatable bonds is 0. The molecule has 10 heavy (non-hydrogen) atoms. The van der Waals surface area contributed by atoms with Crippen LogP contribution in [0.25, 0.3) is 0 Å². The maximum absolute atomic E-state index is 4.52. The highest BCUT2D eigenvalue weighted by atomic mass is 15.2. The smallest absolute Gasteiger partial charge is 0.0989 e. The van der Waals surface area contributed by atoms with Crippen molar-refractivity contribution in [3.63, 3.8) is 0 Å². The normalized spacial score (nSPS) is 31.9. The lowest BCUT2D eigenvalue weighted by Crippen LogP contribution is -2.35. The quantitative estimate of drug-likeness (QED) is 0.490. The molecule has 0 radical (unpaired) electrons. The minimum atomic E-state index is 0.779. The van der Waals surface area contributed by atoms with Crippen LogP contribution in [0.1, 0.15) is 19.8 Å². The molecule has 0 amide bonds. The molecular weight excluding hydrogens is 124 g/mol. The van der Waals surface area contributed by atoms with E-state index in [1.807, 2.05) is 0 Å². The van der Waals surface area contributed by atoms with Gasteiger partial charge in [-0.15, -0.1) is 0 Å². The van der Waals surface area contributed by atoms with Gasteiger partial charge in [0.05, 0.1) is 5.84 Å². The number of hydrogen-bond donors (Lipinski definition) is 0. The highest BCUT2D eigenvalue weighted by molar-refractivity contribution is 5.84. The minimum absolute atomic E-state index is 0.779. The molecule has 0 saturated carbocycles. The second-order valence-corrected chi connectivity index (χ2v) is 3.41. The lowest BCUT2D eigenvalue weighted by Gasteiger charge is -2.26. The largest absolute Gasteiger partial charge is 0.360 e. The zero-order valence-electron chi connectivity index (χ0n) is 6.51. The van der Waals surface area contributed by atoms with E-state index in [0.29, 0.717) is 0 Å². The van der Waals surface area contributed by atoms with Gasteiger partial charge in [0.15, 0.2) is 0 Å². The first-order valence-corrected chi connectivity index (χ1v) is 4.14. The van der Waals surface area contributed by atoms with E-state index in [2.05, 4.69) is 16.8 Å². The summed E-state index contributed by atoms with van der Waals surface area (Å²) in [5.41, 5.74) is 0. The van der Waals surface area contributed by atoms with E-state index in [1.165, 1.54) is 31.8 Å². The summed E-state index contributed by atoms with van der Waals surface area (Å²) in [6.07, 6.45) is 2.55. The van der Waals surface area contributed by atoms with Crippen LogP contribution in [0, 0.1) is 5.92 Å². The van der Waals surface area contributed by atoms with E-state index in [4.69, 9.17) is 0 Å². The number of nitrogens with zero attached hydrogens (tertiary/aromatic N) is 2. The van der Waals surface area contributed by atoms with Crippen LogP contribution in [0.5, 0.6) is 0 Å². The molecule has 0 aromatic rings. The molecule has 0 N–H and O–H groups in total. The summed E-state index contributed by atoms with van der Waals surface area (Å²) < 4.78 is 0. The predicted octanol–water partition coefficient (Wildman–Crippen LogP) is 1.13. The summed E-state index contributed by atoms with van der Waals surface area (Å²) in [7, 11) is 0. The average Bonchev–Trinajstić information content (AvgIpc) is 2.33. The highest BCUT2D eigenvalue weighted by Gasteiger charge is 2.23. The van der Waals surface area contributed by atoms with Gasteiger partial charge in [0.25, 0.3) is 0 Å². The lowest BCUT2D eigenvalue weighted by atomic mass is 10.1. The molecule has 1 unspecified atom stereocenters. The fourth-order valence-electron chi connectivity index (χ4n) is 1.79. The van der Waals surface area contributed by atoms with Crippen molar-refractivity contribution in [1.29, 1.82) is 0 Å².